The van der Waals surface area contributed by atoms with E-state index < -0.39 is 0 Å². The maximum Gasteiger partial charge on any atom is 0.128 e. The summed E-state index contributed by atoms with van der Waals surface area (Å²) in [5.41, 5.74) is 6.69. The topological polar surface area (TPSA) is 50.4 Å². The molecule has 0 radical (unpaired) electrons. The Labute approximate surface area is 111 Å². The summed E-state index contributed by atoms with van der Waals surface area (Å²) in [7, 11) is 0. The number of rotatable bonds is 6. The first-order chi connectivity index (χ1) is 8.88. The molecule has 0 bridgehead atoms. The molecular formula is C15H25N3. The van der Waals surface area contributed by atoms with Crippen molar-refractivity contribution in [2.45, 2.75) is 45.4 Å². The van der Waals surface area contributed by atoms with E-state index in [0.29, 0.717) is 0 Å². The third-order valence-electron chi connectivity index (χ3n) is 2.89. The number of allylic oxidation sites excluding steroid dienone is 2. The molecule has 3 nitrogen and oxygen atoms in total. The molecule has 0 spiro atoms. The van der Waals surface area contributed by atoms with Crippen LogP contribution in [0.5, 0.6) is 0 Å². The number of nitrogens with two attached hydrogens (primary N) is 1. The number of hydrogen-bond acceptors (Lipinski definition) is 2. The van der Waals surface area contributed by atoms with Gasteiger partial charge in [-0.25, -0.2) is 0 Å². The van der Waals surface area contributed by atoms with E-state index in [9.17, 15) is 0 Å². The van der Waals surface area contributed by atoms with Gasteiger partial charge in [-0.05, 0) is 37.7 Å². The Bertz CT molecular complexity index is 338. The van der Waals surface area contributed by atoms with Crippen molar-refractivity contribution >= 4 is 5.84 Å². The summed E-state index contributed by atoms with van der Waals surface area (Å²) >= 11 is 0. The summed E-state index contributed by atoms with van der Waals surface area (Å²) in [6.07, 6.45) is 17.0. The van der Waals surface area contributed by atoms with Crippen molar-refractivity contribution in [1.82, 2.24) is 5.32 Å². The molecule has 0 unspecified atom stereocenters. The number of nitrogens with one attached hydrogen (secondary N) is 1. The average Bonchev–Trinajstić information content (AvgIpc) is 2.43. The van der Waals surface area contributed by atoms with E-state index in [0.717, 1.165) is 31.6 Å². The molecule has 0 aliphatic heterocycles. The van der Waals surface area contributed by atoms with E-state index in [2.05, 4.69) is 35.5 Å². The zero-order chi connectivity index (χ0) is 13.1. The van der Waals surface area contributed by atoms with Crippen LogP contribution in [0.1, 0.15) is 45.4 Å². The second-order valence-electron chi connectivity index (χ2n) is 4.43. The Morgan fingerprint density at radius 1 is 1.44 bits per heavy atom. The smallest absolute Gasteiger partial charge is 0.128 e. The molecule has 3 heteroatoms. The minimum Gasteiger partial charge on any atom is -0.403 e. The van der Waals surface area contributed by atoms with E-state index in [1.165, 1.54) is 31.0 Å². The quantitative estimate of drug-likeness (QED) is 0.430. The third-order valence-corrected chi connectivity index (χ3v) is 2.89. The van der Waals surface area contributed by atoms with E-state index in [1.54, 1.807) is 6.20 Å². The normalized spacial score (nSPS) is 17.4. The zero-order valence-corrected chi connectivity index (χ0v) is 11.4. The van der Waals surface area contributed by atoms with E-state index in [-0.39, 0.29) is 0 Å². The predicted octanol–water partition coefficient (Wildman–Crippen LogP) is 3.26. The summed E-state index contributed by atoms with van der Waals surface area (Å²) in [5, 5.41) is 3.17. The summed E-state index contributed by atoms with van der Waals surface area (Å²) in [6.45, 7) is 2.91. The average molecular weight is 247 g/mol. The fourth-order valence-corrected chi connectivity index (χ4v) is 1.92. The van der Waals surface area contributed by atoms with Gasteiger partial charge < -0.3 is 11.1 Å². The molecule has 18 heavy (non-hydrogen) atoms. The largest absolute Gasteiger partial charge is 0.403 e. The van der Waals surface area contributed by atoms with Crippen LogP contribution in [-0.2, 0) is 0 Å². The number of nitrogens with zero attached hydrogens (tertiary/aromatic N) is 1. The van der Waals surface area contributed by atoms with Gasteiger partial charge in [0.05, 0.1) is 6.54 Å². The lowest BCUT2D eigenvalue weighted by Gasteiger charge is -2.14. The van der Waals surface area contributed by atoms with Gasteiger partial charge in [0.25, 0.3) is 0 Å². The highest BCUT2D eigenvalue weighted by Gasteiger charge is 2.08. The first-order valence-electron chi connectivity index (χ1n) is 6.90. The zero-order valence-electron chi connectivity index (χ0n) is 11.4. The number of aliphatic imine (C=N–C) groups is 1. The van der Waals surface area contributed by atoms with Crippen LogP contribution in [-0.4, -0.2) is 12.4 Å². The SMILES string of the molecule is CCC/C=C\CN=C(N/C=C/N)C1=CCCCC1. The van der Waals surface area contributed by atoms with E-state index in [1.807, 2.05) is 0 Å². The molecule has 0 heterocycles. The minimum atomic E-state index is 0.734. The van der Waals surface area contributed by atoms with Gasteiger partial charge in [-0.15, -0.1) is 0 Å². The molecule has 1 aliphatic rings. The van der Waals surface area contributed by atoms with E-state index >= 15 is 0 Å². The second-order valence-corrected chi connectivity index (χ2v) is 4.43. The van der Waals surface area contributed by atoms with Crippen LogP contribution in [0, 0.1) is 0 Å². The van der Waals surface area contributed by atoms with E-state index in [4.69, 9.17) is 5.73 Å². The highest BCUT2D eigenvalue weighted by Crippen LogP contribution is 2.17. The van der Waals surface area contributed by atoms with Crippen LogP contribution in [0.2, 0.25) is 0 Å². The van der Waals surface area contributed by atoms with Crippen LogP contribution in [0.3, 0.4) is 0 Å². The molecule has 0 saturated heterocycles. The Morgan fingerprint density at radius 2 is 2.33 bits per heavy atom. The van der Waals surface area contributed by atoms with Crippen LogP contribution in [0.25, 0.3) is 0 Å². The molecule has 0 saturated carbocycles. The Morgan fingerprint density at radius 3 is 3.00 bits per heavy atom. The first-order valence-corrected chi connectivity index (χ1v) is 6.90. The van der Waals surface area contributed by atoms with Crippen LogP contribution in [0.15, 0.2) is 41.2 Å². The molecular weight excluding hydrogens is 222 g/mol. The summed E-state index contributed by atoms with van der Waals surface area (Å²) in [6, 6.07) is 0. The standard InChI is InChI=1S/C15H25N3/c1-2-3-4-8-12-17-15(18-13-11-16)14-9-6-5-7-10-14/h4,8-9,11,13H,2-3,5-7,10,12,16H2,1H3,(H,17,18)/b8-4-,13-11+. The van der Waals surface area contributed by atoms with Gasteiger partial charge in [-0.3, -0.25) is 4.99 Å². The summed E-state index contributed by atoms with van der Waals surface area (Å²) in [4.78, 5) is 4.60. The van der Waals surface area contributed by atoms with Crippen molar-refractivity contribution in [1.29, 1.82) is 0 Å². The minimum absolute atomic E-state index is 0.734. The van der Waals surface area contributed by atoms with Crippen molar-refractivity contribution in [2.75, 3.05) is 6.54 Å². The fraction of sp³-hybridized carbons (Fsp3) is 0.533. The van der Waals surface area contributed by atoms with Gasteiger partial charge in [0.2, 0.25) is 0 Å². The van der Waals surface area contributed by atoms with Gasteiger partial charge in [-0.1, -0.05) is 31.6 Å². The lowest BCUT2D eigenvalue weighted by Crippen LogP contribution is -2.22. The van der Waals surface area contributed by atoms with Crippen LogP contribution < -0.4 is 11.1 Å². The van der Waals surface area contributed by atoms with Gasteiger partial charge in [0.15, 0.2) is 0 Å². The number of amidine groups is 1. The predicted molar refractivity (Wildman–Crippen MR) is 79.4 cm³/mol. The first kappa shape index (κ1) is 14.6. The second kappa shape index (κ2) is 9.51. The van der Waals surface area contributed by atoms with Crippen molar-refractivity contribution in [3.63, 3.8) is 0 Å². The Hall–Kier alpha value is -1.51. The third kappa shape index (κ3) is 5.71. The molecule has 1 rings (SSSR count). The fourth-order valence-electron chi connectivity index (χ4n) is 1.92. The molecule has 0 aromatic rings. The molecule has 0 aromatic carbocycles. The van der Waals surface area contributed by atoms with Crippen molar-refractivity contribution in [3.05, 3.63) is 36.2 Å². The monoisotopic (exact) mass is 247 g/mol. The maximum atomic E-state index is 5.37. The van der Waals surface area contributed by atoms with Crippen LogP contribution in [0.4, 0.5) is 0 Å². The highest BCUT2D eigenvalue weighted by atomic mass is 15.0. The number of unbranched alkanes of at least 4 members (excludes halogenated alkanes) is 1. The lowest BCUT2D eigenvalue weighted by atomic mass is 9.99. The van der Waals surface area contributed by atoms with Crippen molar-refractivity contribution in [3.8, 4) is 0 Å². The highest BCUT2D eigenvalue weighted by molar-refractivity contribution is 5.99. The molecule has 0 aromatic heterocycles. The number of hydrogen-bond donors (Lipinski definition) is 2. The maximum absolute atomic E-state index is 5.37. The van der Waals surface area contributed by atoms with Crippen LogP contribution >= 0.6 is 0 Å². The Kier molecular flexibility index (Phi) is 7.69. The molecule has 0 amide bonds. The van der Waals surface area contributed by atoms with Gasteiger partial charge in [-0.2, -0.15) is 0 Å². The Balaban J connectivity index is 2.58. The molecule has 1 aliphatic carbocycles. The van der Waals surface area contributed by atoms with Gasteiger partial charge in [0, 0.05) is 12.4 Å². The molecule has 0 atom stereocenters. The molecule has 100 valence electrons. The van der Waals surface area contributed by atoms with Crippen molar-refractivity contribution in [2.24, 2.45) is 10.7 Å². The van der Waals surface area contributed by atoms with Gasteiger partial charge >= 0.3 is 0 Å². The summed E-state index contributed by atoms with van der Waals surface area (Å²) in [5.74, 6) is 0.970. The summed E-state index contributed by atoms with van der Waals surface area (Å²) < 4.78 is 0. The molecule has 0 fully saturated rings. The van der Waals surface area contributed by atoms with Gasteiger partial charge in [0.1, 0.15) is 5.84 Å². The van der Waals surface area contributed by atoms with Crippen molar-refractivity contribution < 1.29 is 0 Å². The lowest BCUT2D eigenvalue weighted by molar-refractivity contribution is 0.714. The molecule has 3 N–H and O–H groups in total.